The molecule has 0 spiro atoms. The molecule has 24 heavy (non-hydrogen) atoms. The Labute approximate surface area is 151 Å². The highest BCUT2D eigenvalue weighted by molar-refractivity contribution is 8.00. The van der Waals surface area contributed by atoms with Crippen LogP contribution in [0.5, 0.6) is 0 Å². The van der Waals surface area contributed by atoms with Crippen molar-refractivity contribution in [1.29, 1.82) is 0 Å². The summed E-state index contributed by atoms with van der Waals surface area (Å²) < 4.78 is 3.20. The van der Waals surface area contributed by atoms with Gasteiger partial charge in [-0.1, -0.05) is 18.7 Å². The fourth-order valence-electron chi connectivity index (χ4n) is 2.07. The second-order valence-corrected chi connectivity index (χ2v) is 7.22. The minimum Gasteiger partial charge on any atom is -0.357 e. The Kier molecular flexibility index (Phi) is 8.61. The van der Waals surface area contributed by atoms with Crippen molar-refractivity contribution in [3.63, 3.8) is 0 Å². The SMILES string of the molecule is CCNC(=NCCCSc1nccs1)NCCn1cnnc1CC. The van der Waals surface area contributed by atoms with E-state index in [0.29, 0.717) is 0 Å². The molecule has 2 aromatic heterocycles. The highest BCUT2D eigenvalue weighted by Crippen LogP contribution is 2.20. The van der Waals surface area contributed by atoms with Crippen LogP contribution in [0.4, 0.5) is 0 Å². The van der Waals surface area contributed by atoms with Crippen LogP contribution in [0.1, 0.15) is 26.1 Å². The van der Waals surface area contributed by atoms with E-state index in [0.717, 1.165) is 60.9 Å². The fraction of sp³-hybridized carbons (Fsp3) is 0.600. The number of rotatable bonds is 10. The van der Waals surface area contributed by atoms with Crippen molar-refractivity contribution in [3.05, 3.63) is 23.7 Å². The van der Waals surface area contributed by atoms with Crippen molar-refractivity contribution in [1.82, 2.24) is 30.4 Å². The topological polar surface area (TPSA) is 80.0 Å². The van der Waals surface area contributed by atoms with Crippen molar-refractivity contribution in [2.75, 3.05) is 25.4 Å². The number of aromatic nitrogens is 4. The molecule has 0 radical (unpaired) electrons. The van der Waals surface area contributed by atoms with Crippen LogP contribution in [0.2, 0.25) is 0 Å². The zero-order chi connectivity index (χ0) is 17.0. The van der Waals surface area contributed by atoms with Crippen molar-refractivity contribution in [2.45, 2.75) is 37.6 Å². The summed E-state index contributed by atoms with van der Waals surface area (Å²) in [4.78, 5) is 8.88. The molecule has 2 heterocycles. The smallest absolute Gasteiger partial charge is 0.191 e. The molecule has 2 N–H and O–H groups in total. The van der Waals surface area contributed by atoms with Crippen LogP contribution in [0, 0.1) is 0 Å². The first-order valence-electron chi connectivity index (χ1n) is 8.24. The van der Waals surface area contributed by atoms with Gasteiger partial charge in [0.05, 0.1) is 0 Å². The summed E-state index contributed by atoms with van der Waals surface area (Å²) in [6.45, 7) is 7.45. The largest absolute Gasteiger partial charge is 0.357 e. The number of aryl methyl sites for hydroxylation is 1. The van der Waals surface area contributed by atoms with Crippen molar-refractivity contribution >= 4 is 29.1 Å². The summed E-state index contributed by atoms with van der Waals surface area (Å²) in [7, 11) is 0. The highest BCUT2D eigenvalue weighted by Gasteiger charge is 2.02. The molecule has 2 aromatic rings. The number of thioether (sulfide) groups is 1. The standard InChI is InChI=1S/C15H25N7S2/c1-3-13-21-20-12-22(13)9-7-18-14(16-4-2)17-6-5-10-23-15-19-8-11-24-15/h8,11-12H,3-7,9-10H2,1-2H3,(H2,16,17,18). The van der Waals surface area contributed by atoms with Gasteiger partial charge >= 0.3 is 0 Å². The first-order chi connectivity index (χ1) is 11.8. The van der Waals surface area contributed by atoms with Gasteiger partial charge in [-0.05, 0) is 13.3 Å². The first-order valence-corrected chi connectivity index (χ1v) is 10.1. The molecule has 0 aliphatic heterocycles. The van der Waals surface area contributed by atoms with Crippen LogP contribution in [0.3, 0.4) is 0 Å². The Morgan fingerprint density at radius 2 is 2.29 bits per heavy atom. The average molecular weight is 368 g/mol. The van der Waals surface area contributed by atoms with E-state index in [1.165, 1.54) is 0 Å². The van der Waals surface area contributed by atoms with Crippen molar-refractivity contribution < 1.29 is 0 Å². The molecule has 0 aliphatic carbocycles. The van der Waals surface area contributed by atoms with Gasteiger partial charge in [0.1, 0.15) is 16.5 Å². The first kappa shape index (κ1) is 18.7. The van der Waals surface area contributed by atoms with Crippen LogP contribution in [0.15, 0.2) is 27.2 Å². The van der Waals surface area contributed by atoms with Gasteiger partial charge in [0.2, 0.25) is 0 Å². The molecule has 7 nitrogen and oxygen atoms in total. The van der Waals surface area contributed by atoms with Crippen molar-refractivity contribution in [2.24, 2.45) is 4.99 Å². The van der Waals surface area contributed by atoms with E-state index in [9.17, 15) is 0 Å². The summed E-state index contributed by atoms with van der Waals surface area (Å²) >= 11 is 3.48. The van der Waals surface area contributed by atoms with E-state index in [4.69, 9.17) is 0 Å². The summed E-state index contributed by atoms with van der Waals surface area (Å²) in [5, 5.41) is 16.7. The molecule has 2 rings (SSSR count). The zero-order valence-electron chi connectivity index (χ0n) is 14.2. The Bertz CT molecular complexity index is 595. The quantitative estimate of drug-likeness (QED) is 0.289. The van der Waals surface area contributed by atoms with Gasteiger partial charge in [0.15, 0.2) is 5.96 Å². The van der Waals surface area contributed by atoms with E-state index in [1.807, 2.05) is 11.6 Å². The van der Waals surface area contributed by atoms with Crippen molar-refractivity contribution in [3.8, 4) is 0 Å². The molecular weight excluding hydrogens is 342 g/mol. The van der Waals surface area contributed by atoms with Gasteiger partial charge in [-0.25, -0.2) is 4.98 Å². The lowest BCUT2D eigenvalue weighted by atomic mass is 10.4. The molecule has 0 aromatic carbocycles. The molecule has 0 amide bonds. The summed E-state index contributed by atoms with van der Waals surface area (Å²) in [6, 6.07) is 0. The normalized spacial score (nSPS) is 11.7. The van der Waals surface area contributed by atoms with Crippen LogP contribution in [-0.4, -0.2) is 51.1 Å². The van der Waals surface area contributed by atoms with Gasteiger partial charge in [0.25, 0.3) is 0 Å². The van der Waals surface area contributed by atoms with E-state index >= 15 is 0 Å². The lowest BCUT2D eigenvalue weighted by Gasteiger charge is -2.12. The maximum Gasteiger partial charge on any atom is 0.191 e. The molecule has 0 bridgehead atoms. The monoisotopic (exact) mass is 367 g/mol. The van der Waals surface area contributed by atoms with Gasteiger partial charge in [0, 0.05) is 49.9 Å². The van der Waals surface area contributed by atoms with E-state index < -0.39 is 0 Å². The van der Waals surface area contributed by atoms with Crippen LogP contribution < -0.4 is 10.6 Å². The Hall–Kier alpha value is -1.61. The third-order valence-electron chi connectivity index (χ3n) is 3.21. The molecule has 0 fully saturated rings. The molecule has 0 saturated carbocycles. The Morgan fingerprint density at radius 1 is 1.38 bits per heavy atom. The van der Waals surface area contributed by atoms with E-state index in [-0.39, 0.29) is 0 Å². The number of nitrogens with one attached hydrogen (secondary N) is 2. The second-order valence-electron chi connectivity index (χ2n) is 4.98. The van der Waals surface area contributed by atoms with Gasteiger partial charge in [-0.2, -0.15) is 0 Å². The molecule has 9 heteroatoms. The second kappa shape index (κ2) is 11.0. The minimum absolute atomic E-state index is 0.796. The zero-order valence-corrected chi connectivity index (χ0v) is 15.9. The highest BCUT2D eigenvalue weighted by atomic mass is 32.2. The van der Waals surface area contributed by atoms with Gasteiger partial charge < -0.3 is 15.2 Å². The number of hydrogen-bond acceptors (Lipinski definition) is 6. The average Bonchev–Trinajstić information content (AvgIpc) is 3.25. The third-order valence-corrected chi connectivity index (χ3v) is 5.26. The Balaban J connectivity index is 1.68. The molecule has 0 saturated heterocycles. The molecule has 0 aliphatic rings. The summed E-state index contributed by atoms with van der Waals surface area (Å²) in [5.41, 5.74) is 0. The summed E-state index contributed by atoms with van der Waals surface area (Å²) in [6.07, 6.45) is 5.55. The van der Waals surface area contributed by atoms with Crippen LogP contribution >= 0.6 is 23.1 Å². The minimum atomic E-state index is 0.796. The molecular formula is C15H25N7S2. The molecule has 0 unspecified atom stereocenters. The van der Waals surface area contributed by atoms with E-state index in [2.05, 4.69) is 49.2 Å². The lowest BCUT2D eigenvalue weighted by Crippen LogP contribution is -2.39. The lowest BCUT2D eigenvalue weighted by molar-refractivity contribution is 0.632. The van der Waals surface area contributed by atoms with Crippen LogP contribution in [0.25, 0.3) is 0 Å². The molecule has 132 valence electrons. The number of guanidine groups is 1. The maximum atomic E-state index is 4.62. The number of hydrogen-bond donors (Lipinski definition) is 2. The predicted molar refractivity (Wildman–Crippen MR) is 101 cm³/mol. The van der Waals surface area contributed by atoms with Gasteiger partial charge in [-0.3, -0.25) is 4.99 Å². The van der Waals surface area contributed by atoms with E-state index in [1.54, 1.807) is 29.4 Å². The number of aliphatic imine (C=N–C) groups is 1. The third kappa shape index (κ3) is 6.48. The number of nitrogens with zero attached hydrogens (tertiary/aromatic N) is 5. The predicted octanol–water partition coefficient (Wildman–Crippen LogP) is 2.03. The maximum absolute atomic E-state index is 4.62. The molecule has 0 atom stereocenters. The fourth-order valence-corrected chi connectivity index (χ4v) is 3.70. The Morgan fingerprint density at radius 3 is 3.04 bits per heavy atom. The summed E-state index contributed by atoms with van der Waals surface area (Å²) in [5.74, 6) is 2.91. The van der Waals surface area contributed by atoms with Gasteiger partial charge in [-0.15, -0.1) is 21.5 Å². The number of thiazole rings is 1. The van der Waals surface area contributed by atoms with Crippen LogP contribution in [-0.2, 0) is 13.0 Å².